The molecule has 3 rings (SSSR count). The molecular formula is C17H26N2O2. The summed E-state index contributed by atoms with van der Waals surface area (Å²) in [6.07, 6.45) is 7.25. The lowest BCUT2D eigenvalue weighted by molar-refractivity contribution is -0.108. The second kappa shape index (κ2) is 6.32. The third-order valence-corrected chi connectivity index (χ3v) is 4.67. The van der Waals surface area contributed by atoms with Gasteiger partial charge in [-0.15, -0.1) is 0 Å². The van der Waals surface area contributed by atoms with Crippen LogP contribution in [0.4, 0.5) is 0 Å². The van der Waals surface area contributed by atoms with Gasteiger partial charge < -0.3 is 14.8 Å². The van der Waals surface area contributed by atoms with E-state index in [-0.39, 0.29) is 11.7 Å². The Labute approximate surface area is 127 Å². The lowest BCUT2D eigenvalue weighted by Crippen LogP contribution is -2.41. The molecule has 4 nitrogen and oxygen atoms in total. The summed E-state index contributed by atoms with van der Waals surface area (Å²) in [5.41, 5.74) is 2.14. The van der Waals surface area contributed by atoms with E-state index < -0.39 is 0 Å². The number of rotatable bonds is 4. The molecule has 21 heavy (non-hydrogen) atoms. The standard InChI is InChI=1S/C17H26N2O2/c1-13-5-6-16(15(19-13)12-18-2)21-14-7-10-20-17(11-14)8-3-4-9-17/h5-6,14,18H,3-4,7-12H2,1-2H3. The Balaban J connectivity index is 1.71. The van der Waals surface area contributed by atoms with E-state index in [9.17, 15) is 0 Å². The molecule has 0 amide bonds. The fourth-order valence-corrected chi connectivity index (χ4v) is 3.63. The van der Waals surface area contributed by atoms with E-state index >= 15 is 0 Å². The van der Waals surface area contributed by atoms with Gasteiger partial charge >= 0.3 is 0 Å². The van der Waals surface area contributed by atoms with Crippen LogP contribution in [0.3, 0.4) is 0 Å². The fourth-order valence-electron chi connectivity index (χ4n) is 3.63. The number of aryl methyl sites for hydroxylation is 1. The molecule has 1 unspecified atom stereocenters. The van der Waals surface area contributed by atoms with Crippen molar-refractivity contribution < 1.29 is 9.47 Å². The number of nitrogens with one attached hydrogen (secondary N) is 1. The lowest BCUT2D eigenvalue weighted by atomic mass is 9.90. The van der Waals surface area contributed by atoms with Gasteiger partial charge in [-0.1, -0.05) is 12.8 Å². The molecule has 1 aromatic heterocycles. The Bertz CT molecular complexity index is 484. The van der Waals surface area contributed by atoms with Crippen LogP contribution in [0.5, 0.6) is 5.75 Å². The summed E-state index contributed by atoms with van der Waals surface area (Å²) in [6, 6.07) is 4.09. The zero-order valence-electron chi connectivity index (χ0n) is 13.2. The van der Waals surface area contributed by atoms with Gasteiger partial charge in [0.1, 0.15) is 11.9 Å². The maximum absolute atomic E-state index is 6.30. The SMILES string of the molecule is CNCc1nc(C)ccc1OC1CCOC2(CCCC2)C1. The van der Waals surface area contributed by atoms with Crippen LogP contribution in [0, 0.1) is 6.92 Å². The third-order valence-electron chi connectivity index (χ3n) is 4.67. The zero-order valence-corrected chi connectivity index (χ0v) is 13.2. The molecule has 1 saturated heterocycles. The van der Waals surface area contributed by atoms with Gasteiger partial charge in [0, 0.05) is 25.1 Å². The Morgan fingerprint density at radius 2 is 2.19 bits per heavy atom. The van der Waals surface area contributed by atoms with Crippen molar-refractivity contribution in [2.24, 2.45) is 0 Å². The largest absolute Gasteiger partial charge is 0.488 e. The van der Waals surface area contributed by atoms with Gasteiger partial charge in [-0.3, -0.25) is 4.98 Å². The van der Waals surface area contributed by atoms with E-state index in [0.29, 0.717) is 0 Å². The first kappa shape index (κ1) is 14.8. The maximum Gasteiger partial charge on any atom is 0.142 e. The maximum atomic E-state index is 6.30. The normalized spacial score (nSPS) is 24.4. The Hall–Kier alpha value is -1.13. The van der Waals surface area contributed by atoms with Crippen molar-refractivity contribution in [2.45, 2.75) is 63.7 Å². The molecule has 116 valence electrons. The summed E-state index contributed by atoms with van der Waals surface area (Å²) in [6.45, 7) is 3.58. The molecule has 1 atom stereocenters. The second-order valence-electron chi connectivity index (χ2n) is 6.40. The number of hydrogen-bond donors (Lipinski definition) is 1. The van der Waals surface area contributed by atoms with Crippen LogP contribution in [0.15, 0.2) is 12.1 Å². The first-order chi connectivity index (χ1) is 10.2. The Kier molecular flexibility index (Phi) is 4.45. The van der Waals surface area contributed by atoms with Crippen LogP contribution < -0.4 is 10.1 Å². The topological polar surface area (TPSA) is 43.4 Å². The first-order valence-corrected chi connectivity index (χ1v) is 8.12. The molecule has 0 aromatic carbocycles. The van der Waals surface area contributed by atoms with E-state index in [1.807, 2.05) is 20.0 Å². The first-order valence-electron chi connectivity index (χ1n) is 8.12. The highest BCUT2D eigenvalue weighted by Gasteiger charge is 2.40. The van der Waals surface area contributed by atoms with E-state index in [0.717, 1.165) is 43.1 Å². The van der Waals surface area contributed by atoms with Gasteiger partial charge in [0.25, 0.3) is 0 Å². The summed E-state index contributed by atoms with van der Waals surface area (Å²) >= 11 is 0. The zero-order chi connectivity index (χ0) is 14.7. The quantitative estimate of drug-likeness (QED) is 0.926. The molecular weight excluding hydrogens is 264 g/mol. The van der Waals surface area contributed by atoms with Crippen LogP contribution in [-0.2, 0) is 11.3 Å². The summed E-state index contributed by atoms with van der Waals surface area (Å²) in [7, 11) is 1.94. The number of aromatic nitrogens is 1. The van der Waals surface area contributed by atoms with Crippen molar-refractivity contribution in [1.29, 1.82) is 0 Å². The highest BCUT2D eigenvalue weighted by molar-refractivity contribution is 5.29. The minimum absolute atomic E-state index is 0.101. The average molecular weight is 290 g/mol. The Morgan fingerprint density at radius 1 is 1.38 bits per heavy atom. The van der Waals surface area contributed by atoms with E-state index in [1.165, 1.54) is 25.7 Å². The van der Waals surface area contributed by atoms with E-state index in [2.05, 4.69) is 16.4 Å². The number of ether oxygens (including phenoxy) is 2. The molecule has 1 aliphatic heterocycles. The fraction of sp³-hybridized carbons (Fsp3) is 0.706. The molecule has 2 heterocycles. The smallest absolute Gasteiger partial charge is 0.142 e. The Morgan fingerprint density at radius 3 is 2.95 bits per heavy atom. The summed E-state index contributed by atoms with van der Waals surface area (Å²) in [4.78, 5) is 4.60. The van der Waals surface area contributed by atoms with Gasteiger partial charge in [-0.05, 0) is 38.9 Å². The predicted octanol–water partition coefficient (Wildman–Crippen LogP) is 2.98. The molecule has 0 radical (unpaired) electrons. The minimum Gasteiger partial charge on any atom is -0.488 e. The number of hydrogen-bond acceptors (Lipinski definition) is 4. The second-order valence-corrected chi connectivity index (χ2v) is 6.40. The molecule has 1 saturated carbocycles. The van der Waals surface area contributed by atoms with E-state index in [1.54, 1.807) is 0 Å². The van der Waals surface area contributed by atoms with Crippen LogP contribution in [0.25, 0.3) is 0 Å². The van der Waals surface area contributed by atoms with Gasteiger partial charge in [-0.25, -0.2) is 0 Å². The number of nitrogens with zero attached hydrogens (tertiary/aromatic N) is 1. The van der Waals surface area contributed by atoms with Crippen molar-refractivity contribution >= 4 is 0 Å². The van der Waals surface area contributed by atoms with E-state index in [4.69, 9.17) is 9.47 Å². The lowest BCUT2D eigenvalue weighted by Gasteiger charge is -2.38. The molecule has 1 aliphatic carbocycles. The monoisotopic (exact) mass is 290 g/mol. The van der Waals surface area contributed by atoms with Crippen molar-refractivity contribution in [1.82, 2.24) is 10.3 Å². The van der Waals surface area contributed by atoms with Crippen molar-refractivity contribution in [3.05, 3.63) is 23.5 Å². The van der Waals surface area contributed by atoms with Crippen molar-refractivity contribution in [2.75, 3.05) is 13.7 Å². The average Bonchev–Trinajstić information content (AvgIpc) is 2.90. The van der Waals surface area contributed by atoms with Gasteiger partial charge in [0.05, 0.1) is 17.9 Å². The molecule has 2 fully saturated rings. The van der Waals surface area contributed by atoms with Crippen LogP contribution >= 0.6 is 0 Å². The van der Waals surface area contributed by atoms with Crippen LogP contribution in [-0.4, -0.2) is 30.3 Å². The molecule has 1 N–H and O–H groups in total. The van der Waals surface area contributed by atoms with Gasteiger partial charge in [0.2, 0.25) is 0 Å². The van der Waals surface area contributed by atoms with Gasteiger partial charge in [0.15, 0.2) is 0 Å². The van der Waals surface area contributed by atoms with Crippen LogP contribution in [0.2, 0.25) is 0 Å². The highest BCUT2D eigenvalue weighted by Crippen LogP contribution is 2.41. The number of pyridine rings is 1. The molecule has 1 aromatic rings. The molecule has 0 bridgehead atoms. The summed E-state index contributed by atoms with van der Waals surface area (Å²) in [5.74, 6) is 0.926. The molecule has 2 aliphatic rings. The van der Waals surface area contributed by atoms with Crippen LogP contribution in [0.1, 0.15) is 49.9 Å². The highest BCUT2D eigenvalue weighted by atomic mass is 16.5. The predicted molar refractivity (Wildman–Crippen MR) is 82.5 cm³/mol. The summed E-state index contributed by atoms with van der Waals surface area (Å²) < 4.78 is 12.4. The molecule has 1 spiro atoms. The van der Waals surface area contributed by atoms with Gasteiger partial charge in [-0.2, -0.15) is 0 Å². The minimum atomic E-state index is 0.101. The third kappa shape index (κ3) is 3.38. The molecule has 4 heteroatoms. The summed E-state index contributed by atoms with van der Waals surface area (Å²) in [5, 5.41) is 3.17. The van der Waals surface area contributed by atoms with Crippen molar-refractivity contribution in [3.63, 3.8) is 0 Å². The van der Waals surface area contributed by atoms with Crippen molar-refractivity contribution in [3.8, 4) is 5.75 Å².